The van der Waals surface area contributed by atoms with Crippen molar-refractivity contribution in [1.82, 2.24) is 0 Å². The molecule has 0 aliphatic heterocycles. The number of unbranched alkanes of at least 4 members (excludes halogenated alkanes) is 5. The molecule has 19 heavy (non-hydrogen) atoms. The van der Waals surface area contributed by atoms with E-state index in [0.29, 0.717) is 6.42 Å². The summed E-state index contributed by atoms with van der Waals surface area (Å²) < 4.78 is 4.60. The van der Waals surface area contributed by atoms with Crippen molar-refractivity contribution < 1.29 is 9.53 Å². The van der Waals surface area contributed by atoms with Crippen LogP contribution >= 0.6 is 23.2 Å². The number of esters is 1. The quantitative estimate of drug-likeness (QED) is 0.278. The van der Waals surface area contributed by atoms with Crippen molar-refractivity contribution in [2.75, 3.05) is 7.11 Å². The predicted octanol–water partition coefficient (Wildman–Crippen LogP) is 5.30. The summed E-state index contributed by atoms with van der Waals surface area (Å²) in [6.07, 6.45) is 10.3. The Labute approximate surface area is 128 Å². The van der Waals surface area contributed by atoms with Gasteiger partial charge in [0.05, 0.1) is 7.11 Å². The molecule has 114 valence electrons. The highest BCUT2D eigenvalue weighted by atomic mass is 35.5. The third-order valence-electron chi connectivity index (χ3n) is 3.31. The topological polar surface area (TPSA) is 26.3 Å². The lowest BCUT2D eigenvalue weighted by Crippen LogP contribution is -2.14. The maximum absolute atomic E-state index is 10.9. The van der Waals surface area contributed by atoms with E-state index in [4.69, 9.17) is 23.2 Å². The van der Waals surface area contributed by atoms with Gasteiger partial charge in [0, 0.05) is 17.2 Å². The van der Waals surface area contributed by atoms with E-state index in [0.717, 1.165) is 44.9 Å². The first-order chi connectivity index (χ1) is 9.11. The van der Waals surface area contributed by atoms with Gasteiger partial charge < -0.3 is 4.74 Å². The average molecular weight is 311 g/mol. The minimum atomic E-state index is -0.110. The van der Waals surface area contributed by atoms with Gasteiger partial charge in [0.1, 0.15) is 0 Å². The van der Waals surface area contributed by atoms with Crippen LogP contribution in [0, 0.1) is 0 Å². The Kier molecular flexibility index (Phi) is 13.1. The van der Waals surface area contributed by atoms with Crippen LogP contribution in [0.25, 0.3) is 0 Å². The zero-order valence-corrected chi connectivity index (χ0v) is 13.8. The Balaban J connectivity index is 3.35. The van der Waals surface area contributed by atoms with Crippen LogP contribution in [-0.4, -0.2) is 23.8 Å². The molecule has 0 aromatic carbocycles. The van der Waals surface area contributed by atoms with Crippen LogP contribution in [-0.2, 0) is 9.53 Å². The van der Waals surface area contributed by atoms with E-state index in [2.05, 4.69) is 11.7 Å². The number of ether oxygens (including phenoxy) is 1. The van der Waals surface area contributed by atoms with Gasteiger partial charge in [-0.1, -0.05) is 45.4 Å². The van der Waals surface area contributed by atoms with Crippen LogP contribution in [0.15, 0.2) is 0 Å². The third-order valence-corrected chi connectivity index (χ3v) is 4.49. The zero-order chi connectivity index (χ0) is 14.5. The van der Waals surface area contributed by atoms with Gasteiger partial charge >= 0.3 is 5.97 Å². The van der Waals surface area contributed by atoms with Crippen molar-refractivity contribution >= 4 is 29.2 Å². The van der Waals surface area contributed by atoms with E-state index in [1.165, 1.54) is 20.0 Å². The summed E-state index contributed by atoms with van der Waals surface area (Å²) in [5, 5.41) is 0.212. The van der Waals surface area contributed by atoms with Crippen LogP contribution in [0.1, 0.15) is 71.1 Å². The van der Waals surface area contributed by atoms with Gasteiger partial charge in [-0.2, -0.15) is 0 Å². The standard InChI is InChI=1S/C15H28Cl2O2/c1-3-4-10-13(16)14(17)11-8-6-5-7-9-12-15(18)19-2/h13-14H,3-12H2,1-2H3/t13-,14-/m1/s1. The highest BCUT2D eigenvalue weighted by Crippen LogP contribution is 2.22. The van der Waals surface area contributed by atoms with Crippen LogP contribution in [0.3, 0.4) is 0 Å². The molecule has 0 radical (unpaired) electrons. The van der Waals surface area contributed by atoms with Crippen LogP contribution in [0.4, 0.5) is 0 Å². The molecule has 0 aromatic rings. The van der Waals surface area contributed by atoms with Crippen molar-refractivity contribution in [2.24, 2.45) is 0 Å². The van der Waals surface area contributed by atoms with Gasteiger partial charge in [-0.05, 0) is 19.3 Å². The van der Waals surface area contributed by atoms with Crippen molar-refractivity contribution in [3.05, 3.63) is 0 Å². The highest BCUT2D eigenvalue weighted by Gasteiger charge is 2.15. The number of methoxy groups -OCH3 is 1. The maximum atomic E-state index is 10.9. The fourth-order valence-electron chi connectivity index (χ4n) is 2.00. The second-order valence-electron chi connectivity index (χ2n) is 5.06. The molecule has 0 amide bonds. The molecule has 4 heteroatoms. The van der Waals surface area contributed by atoms with E-state index in [9.17, 15) is 4.79 Å². The van der Waals surface area contributed by atoms with Crippen LogP contribution in [0.5, 0.6) is 0 Å². The normalized spacial score (nSPS) is 14.1. The number of carbonyl (C=O) groups is 1. The Morgan fingerprint density at radius 2 is 1.47 bits per heavy atom. The Morgan fingerprint density at radius 3 is 2.05 bits per heavy atom. The number of hydrogen-bond acceptors (Lipinski definition) is 2. The van der Waals surface area contributed by atoms with Crippen molar-refractivity contribution in [1.29, 1.82) is 0 Å². The third kappa shape index (κ3) is 11.6. The summed E-state index contributed by atoms with van der Waals surface area (Å²) in [6, 6.07) is 0. The van der Waals surface area contributed by atoms with Gasteiger partial charge in [-0.15, -0.1) is 23.2 Å². The zero-order valence-electron chi connectivity index (χ0n) is 12.3. The van der Waals surface area contributed by atoms with Gasteiger partial charge in [-0.3, -0.25) is 4.79 Å². The maximum Gasteiger partial charge on any atom is 0.305 e. The number of alkyl halides is 2. The second-order valence-corrected chi connectivity index (χ2v) is 6.18. The van der Waals surface area contributed by atoms with Crippen molar-refractivity contribution in [2.45, 2.75) is 81.9 Å². The summed E-state index contributed by atoms with van der Waals surface area (Å²) in [5.74, 6) is -0.110. The fraction of sp³-hybridized carbons (Fsp3) is 0.933. The first-order valence-electron chi connectivity index (χ1n) is 7.46. The second kappa shape index (κ2) is 13.1. The first kappa shape index (κ1) is 19.1. The molecule has 0 unspecified atom stereocenters. The molecule has 0 saturated carbocycles. The summed E-state index contributed by atoms with van der Waals surface area (Å²) in [5.41, 5.74) is 0. The van der Waals surface area contributed by atoms with E-state index < -0.39 is 0 Å². The average Bonchev–Trinajstić information content (AvgIpc) is 2.42. The molecule has 0 bridgehead atoms. The monoisotopic (exact) mass is 310 g/mol. The molecule has 0 saturated heterocycles. The molecule has 0 aliphatic carbocycles. The Hall–Kier alpha value is 0.0500. The van der Waals surface area contributed by atoms with Gasteiger partial charge in [0.15, 0.2) is 0 Å². The fourth-order valence-corrected chi connectivity index (χ4v) is 2.56. The molecule has 2 atom stereocenters. The van der Waals surface area contributed by atoms with Crippen LogP contribution in [0.2, 0.25) is 0 Å². The molecule has 0 aliphatic rings. The highest BCUT2D eigenvalue weighted by molar-refractivity contribution is 6.29. The number of hydrogen-bond donors (Lipinski definition) is 0. The van der Waals surface area contributed by atoms with Gasteiger partial charge in [0.2, 0.25) is 0 Å². The first-order valence-corrected chi connectivity index (χ1v) is 8.34. The van der Waals surface area contributed by atoms with Crippen LogP contribution < -0.4 is 0 Å². The van der Waals surface area contributed by atoms with E-state index in [1.54, 1.807) is 0 Å². The van der Waals surface area contributed by atoms with Gasteiger partial charge in [0.25, 0.3) is 0 Å². The molecule has 0 fully saturated rings. The van der Waals surface area contributed by atoms with Crippen molar-refractivity contribution in [3.63, 3.8) is 0 Å². The molecular formula is C15H28Cl2O2. The SMILES string of the molecule is CCCC[C@@H](Cl)[C@H](Cl)CCCCCCCC(=O)OC. The Bertz CT molecular complexity index is 222. The Morgan fingerprint density at radius 1 is 0.947 bits per heavy atom. The lowest BCUT2D eigenvalue weighted by Gasteiger charge is -2.15. The minimum Gasteiger partial charge on any atom is -0.469 e. The number of rotatable bonds is 12. The molecule has 2 nitrogen and oxygen atoms in total. The summed E-state index contributed by atoms with van der Waals surface area (Å²) in [7, 11) is 1.43. The summed E-state index contributed by atoms with van der Waals surface area (Å²) in [6.45, 7) is 2.17. The molecule has 0 N–H and O–H groups in total. The number of carbonyl (C=O) groups excluding carboxylic acids is 1. The van der Waals surface area contributed by atoms with E-state index >= 15 is 0 Å². The summed E-state index contributed by atoms with van der Waals surface area (Å²) >= 11 is 12.5. The largest absolute Gasteiger partial charge is 0.469 e. The molecule has 0 spiro atoms. The van der Waals surface area contributed by atoms with Crippen molar-refractivity contribution in [3.8, 4) is 0 Å². The molecule has 0 heterocycles. The minimum absolute atomic E-state index is 0.100. The predicted molar refractivity (Wildman–Crippen MR) is 83.1 cm³/mol. The van der Waals surface area contributed by atoms with E-state index in [1.807, 2.05) is 0 Å². The smallest absolute Gasteiger partial charge is 0.305 e. The summed E-state index contributed by atoms with van der Waals surface area (Å²) in [4.78, 5) is 10.9. The molecule has 0 rings (SSSR count). The lowest BCUT2D eigenvalue weighted by molar-refractivity contribution is -0.140. The van der Waals surface area contributed by atoms with E-state index in [-0.39, 0.29) is 16.7 Å². The molecular weight excluding hydrogens is 283 g/mol. The number of halogens is 2. The van der Waals surface area contributed by atoms with Gasteiger partial charge in [-0.25, -0.2) is 0 Å². The lowest BCUT2D eigenvalue weighted by atomic mass is 10.0. The molecule has 0 aromatic heterocycles.